The number of ether oxygens (including phenoxy) is 1. The van der Waals surface area contributed by atoms with E-state index < -0.39 is 5.54 Å². The average molecular weight is 341 g/mol. The molecule has 0 aliphatic heterocycles. The summed E-state index contributed by atoms with van der Waals surface area (Å²) in [6.45, 7) is 6.43. The number of aliphatic hydroxyl groups is 1. The molecule has 1 aliphatic carbocycles. The molecule has 2 aromatic rings. The van der Waals surface area contributed by atoms with E-state index in [-0.39, 0.29) is 6.61 Å². The lowest BCUT2D eigenvalue weighted by Gasteiger charge is -2.31. The van der Waals surface area contributed by atoms with Gasteiger partial charge in [0, 0.05) is 0 Å². The van der Waals surface area contributed by atoms with E-state index in [2.05, 4.69) is 38.1 Å². The molecule has 0 bridgehead atoms. The maximum absolute atomic E-state index is 9.45. The standard InChI is InChI=1S/C22H31NO2/c1-15(2)16-5-9-20(10-6-16)25-21-11-7-17-12-19(22(3,23)14-24)8-4-18(17)13-21/h4,7-8,11-13,15-16,20,24H,5-6,9-10,14,23H2,1-3H3/t16?,20?,22-/m0/s1. The number of hydrogen-bond donors (Lipinski definition) is 2. The van der Waals surface area contributed by atoms with Gasteiger partial charge in [0.1, 0.15) is 5.75 Å². The van der Waals surface area contributed by atoms with Crippen molar-refractivity contribution in [1.82, 2.24) is 0 Å². The van der Waals surface area contributed by atoms with Crippen LogP contribution < -0.4 is 10.5 Å². The molecule has 0 unspecified atom stereocenters. The predicted molar refractivity (Wildman–Crippen MR) is 104 cm³/mol. The first kappa shape index (κ1) is 18.2. The van der Waals surface area contributed by atoms with Gasteiger partial charge in [-0.2, -0.15) is 0 Å². The van der Waals surface area contributed by atoms with Crippen LogP contribution in [-0.2, 0) is 5.54 Å². The van der Waals surface area contributed by atoms with Crippen molar-refractivity contribution in [2.75, 3.05) is 6.61 Å². The Kier molecular flexibility index (Phi) is 5.35. The zero-order valence-electron chi connectivity index (χ0n) is 15.7. The normalized spacial score (nSPS) is 23.6. The quantitative estimate of drug-likeness (QED) is 0.835. The number of nitrogens with two attached hydrogens (primary N) is 1. The van der Waals surface area contributed by atoms with Crippen molar-refractivity contribution in [3.05, 3.63) is 42.0 Å². The molecule has 1 aliphatic rings. The summed E-state index contributed by atoms with van der Waals surface area (Å²) in [5, 5.41) is 11.7. The van der Waals surface area contributed by atoms with E-state index in [1.807, 2.05) is 19.1 Å². The molecule has 3 nitrogen and oxygen atoms in total. The van der Waals surface area contributed by atoms with E-state index in [1.165, 1.54) is 12.8 Å². The minimum atomic E-state index is -0.710. The average Bonchev–Trinajstić information content (AvgIpc) is 2.61. The molecule has 0 radical (unpaired) electrons. The van der Waals surface area contributed by atoms with Gasteiger partial charge in [-0.05, 0) is 79.0 Å². The molecule has 0 saturated heterocycles. The van der Waals surface area contributed by atoms with E-state index in [0.29, 0.717) is 6.10 Å². The van der Waals surface area contributed by atoms with Crippen molar-refractivity contribution in [1.29, 1.82) is 0 Å². The summed E-state index contributed by atoms with van der Waals surface area (Å²) in [5.74, 6) is 2.58. The van der Waals surface area contributed by atoms with Crippen LogP contribution in [0.5, 0.6) is 5.75 Å². The van der Waals surface area contributed by atoms with Gasteiger partial charge in [0.2, 0.25) is 0 Å². The van der Waals surface area contributed by atoms with Crippen molar-refractivity contribution < 1.29 is 9.84 Å². The van der Waals surface area contributed by atoms with Crippen molar-refractivity contribution in [3.63, 3.8) is 0 Å². The van der Waals surface area contributed by atoms with Crippen LogP contribution in [0.4, 0.5) is 0 Å². The molecule has 3 heteroatoms. The summed E-state index contributed by atoms with van der Waals surface area (Å²) in [5.41, 5.74) is 6.38. The van der Waals surface area contributed by atoms with E-state index in [0.717, 1.165) is 46.8 Å². The minimum absolute atomic E-state index is 0.0707. The van der Waals surface area contributed by atoms with Gasteiger partial charge in [-0.25, -0.2) is 0 Å². The van der Waals surface area contributed by atoms with Crippen molar-refractivity contribution in [2.45, 2.75) is 58.1 Å². The maximum atomic E-state index is 9.45. The minimum Gasteiger partial charge on any atom is -0.490 e. The first-order valence-electron chi connectivity index (χ1n) is 9.50. The third kappa shape index (κ3) is 4.16. The van der Waals surface area contributed by atoms with E-state index in [4.69, 9.17) is 10.5 Å². The van der Waals surface area contributed by atoms with Crippen molar-refractivity contribution in [3.8, 4) is 5.75 Å². The Morgan fingerprint density at radius 1 is 1.08 bits per heavy atom. The van der Waals surface area contributed by atoms with Crippen LogP contribution in [0.3, 0.4) is 0 Å². The van der Waals surface area contributed by atoms with Crippen LogP contribution in [0.15, 0.2) is 36.4 Å². The smallest absolute Gasteiger partial charge is 0.120 e. The Labute approximate surface area is 151 Å². The molecule has 2 aromatic carbocycles. The van der Waals surface area contributed by atoms with Gasteiger partial charge in [-0.1, -0.05) is 32.0 Å². The molecule has 0 spiro atoms. The second-order valence-corrected chi connectivity index (χ2v) is 8.20. The highest BCUT2D eigenvalue weighted by Crippen LogP contribution is 2.33. The molecule has 25 heavy (non-hydrogen) atoms. The number of aliphatic hydroxyl groups excluding tert-OH is 1. The SMILES string of the molecule is CC(C)C1CCC(Oc2ccc3cc([C@@](C)(N)CO)ccc3c2)CC1. The Hall–Kier alpha value is -1.58. The fourth-order valence-electron chi connectivity index (χ4n) is 3.81. The number of hydrogen-bond acceptors (Lipinski definition) is 3. The molecule has 3 N–H and O–H groups in total. The van der Waals surface area contributed by atoms with Gasteiger partial charge < -0.3 is 15.6 Å². The molecule has 1 saturated carbocycles. The molecule has 3 rings (SSSR count). The molecule has 0 heterocycles. The van der Waals surface area contributed by atoms with Crippen LogP contribution >= 0.6 is 0 Å². The number of benzene rings is 2. The van der Waals surface area contributed by atoms with Crippen LogP contribution in [0.25, 0.3) is 10.8 Å². The van der Waals surface area contributed by atoms with E-state index >= 15 is 0 Å². The summed E-state index contributed by atoms with van der Waals surface area (Å²) < 4.78 is 6.25. The highest BCUT2D eigenvalue weighted by Gasteiger charge is 2.24. The lowest BCUT2D eigenvalue weighted by molar-refractivity contribution is 0.117. The second-order valence-electron chi connectivity index (χ2n) is 8.20. The van der Waals surface area contributed by atoms with Crippen molar-refractivity contribution in [2.24, 2.45) is 17.6 Å². The van der Waals surface area contributed by atoms with Crippen LogP contribution in [0.2, 0.25) is 0 Å². The molecular formula is C22H31NO2. The van der Waals surface area contributed by atoms with Gasteiger partial charge in [0.15, 0.2) is 0 Å². The summed E-state index contributed by atoms with van der Waals surface area (Å²) in [7, 11) is 0. The van der Waals surface area contributed by atoms with Crippen LogP contribution in [-0.4, -0.2) is 17.8 Å². The first-order valence-corrected chi connectivity index (χ1v) is 9.50. The fraction of sp³-hybridized carbons (Fsp3) is 0.545. The summed E-state index contributed by atoms with van der Waals surface area (Å²) in [4.78, 5) is 0. The molecule has 1 atom stereocenters. The monoisotopic (exact) mass is 341 g/mol. The molecule has 0 amide bonds. The lowest BCUT2D eigenvalue weighted by atomic mass is 9.80. The van der Waals surface area contributed by atoms with E-state index in [9.17, 15) is 5.11 Å². The molecule has 136 valence electrons. The number of rotatable bonds is 5. The Bertz CT molecular complexity index is 715. The molecule has 1 fully saturated rings. The highest BCUT2D eigenvalue weighted by molar-refractivity contribution is 5.84. The number of fused-ring (bicyclic) bond motifs is 1. The van der Waals surface area contributed by atoms with Crippen LogP contribution in [0.1, 0.15) is 52.0 Å². The molecular weight excluding hydrogens is 310 g/mol. The molecule has 0 aromatic heterocycles. The second kappa shape index (κ2) is 7.35. The Morgan fingerprint density at radius 2 is 1.72 bits per heavy atom. The van der Waals surface area contributed by atoms with Gasteiger partial charge in [0.25, 0.3) is 0 Å². The topological polar surface area (TPSA) is 55.5 Å². The van der Waals surface area contributed by atoms with Gasteiger partial charge in [0.05, 0.1) is 18.2 Å². The largest absolute Gasteiger partial charge is 0.490 e. The third-order valence-corrected chi connectivity index (χ3v) is 5.76. The van der Waals surface area contributed by atoms with Gasteiger partial charge in [-0.3, -0.25) is 0 Å². The van der Waals surface area contributed by atoms with E-state index in [1.54, 1.807) is 0 Å². The lowest BCUT2D eigenvalue weighted by Crippen LogP contribution is -2.36. The Balaban J connectivity index is 1.71. The predicted octanol–water partition coefficient (Wildman–Crippen LogP) is 4.60. The summed E-state index contributed by atoms with van der Waals surface area (Å²) >= 11 is 0. The Morgan fingerprint density at radius 3 is 2.36 bits per heavy atom. The summed E-state index contributed by atoms with van der Waals surface area (Å²) in [6, 6.07) is 12.4. The van der Waals surface area contributed by atoms with Gasteiger partial charge >= 0.3 is 0 Å². The first-order chi connectivity index (χ1) is 11.9. The maximum Gasteiger partial charge on any atom is 0.120 e. The summed E-state index contributed by atoms with van der Waals surface area (Å²) in [6.07, 6.45) is 5.20. The zero-order valence-corrected chi connectivity index (χ0v) is 15.7. The highest BCUT2D eigenvalue weighted by atomic mass is 16.5. The third-order valence-electron chi connectivity index (χ3n) is 5.76. The van der Waals surface area contributed by atoms with Crippen LogP contribution in [0, 0.1) is 11.8 Å². The zero-order chi connectivity index (χ0) is 18.0. The van der Waals surface area contributed by atoms with Gasteiger partial charge in [-0.15, -0.1) is 0 Å². The van der Waals surface area contributed by atoms with Crippen molar-refractivity contribution >= 4 is 10.8 Å². The fourth-order valence-corrected chi connectivity index (χ4v) is 3.81.